The Morgan fingerprint density at radius 2 is 1.74 bits per heavy atom. The van der Waals surface area contributed by atoms with Gasteiger partial charge in [0.1, 0.15) is 11.8 Å². The molecule has 0 aliphatic carbocycles. The summed E-state index contributed by atoms with van der Waals surface area (Å²) >= 11 is 0. The summed E-state index contributed by atoms with van der Waals surface area (Å²) in [6, 6.07) is 14.0. The molecule has 204 valence electrons. The van der Waals surface area contributed by atoms with E-state index in [1.165, 1.54) is 24.1 Å². The highest BCUT2D eigenvalue weighted by molar-refractivity contribution is 5.93. The Morgan fingerprint density at radius 3 is 2.29 bits per heavy atom. The largest absolute Gasteiger partial charge is 0.508 e. The van der Waals surface area contributed by atoms with Crippen LogP contribution < -0.4 is 16.8 Å². The van der Waals surface area contributed by atoms with Crippen molar-refractivity contribution in [3.8, 4) is 5.75 Å². The molecule has 0 aromatic heterocycles. The van der Waals surface area contributed by atoms with E-state index in [2.05, 4.69) is 10.3 Å². The van der Waals surface area contributed by atoms with E-state index in [9.17, 15) is 34.7 Å². The summed E-state index contributed by atoms with van der Waals surface area (Å²) in [6.07, 6.45) is -0.247. The first-order valence-electron chi connectivity index (χ1n) is 11.8. The monoisotopic (exact) mass is 528 g/mol. The Kier molecular flexibility index (Phi) is 10.6. The molecular formula is C25H32N6O7. The number of carbonyl (C=O) groups is 3. The van der Waals surface area contributed by atoms with Crippen LogP contribution in [0.3, 0.4) is 0 Å². The third-order valence-corrected chi connectivity index (χ3v) is 5.88. The number of hydrogen-bond acceptors (Lipinski definition) is 7. The summed E-state index contributed by atoms with van der Waals surface area (Å²) in [5, 5.41) is 32.5. The lowest BCUT2D eigenvalue weighted by atomic mass is 10.00. The molecule has 2 atom stereocenters. The average molecular weight is 529 g/mol. The standard InChI is InChI=1S/C25H32N6O7/c1-30(21(33)13-10-17-8-11-19(32)12-9-17)20(16-18-6-3-2-4-7-18)22(34)28-25(23(35)36,29-24(26)27)14-5-15-31(37)38/h2-4,6-9,11-12,20,32H,5,10,13-16H2,1H3,(H,28,34)(H,35,36)(H4,26,27,29)/t20-,25+/m0/s1. The fraction of sp³-hybridized carbons (Fsp3) is 0.360. The van der Waals surface area contributed by atoms with E-state index >= 15 is 0 Å². The zero-order valence-electron chi connectivity index (χ0n) is 20.9. The van der Waals surface area contributed by atoms with Crippen LogP contribution in [0.15, 0.2) is 59.6 Å². The smallest absolute Gasteiger partial charge is 0.352 e. The summed E-state index contributed by atoms with van der Waals surface area (Å²) in [4.78, 5) is 53.9. The second kappa shape index (κ2) is 13.6. The van der Waals surface area contributed by atoms with Gasteiger partial charge in [0.05, 0.1) is 0 Å². The van der Waals surface area contributed by atoms with Crippen LogP contribution >= 0.6 is 0 Å². The second-order valence-corrected chi connectivity index (χ2v) is 8.73. The first-order chi connectivity index (χ1) is 17.9. The molecule has 13 nitrogen and oxygen atoms in total. The summed E-state index contributed by atoms with van der Waals surface area (Å²) < 4.78 is 0. The summed E-state index contributed by atoms with van der Waals surface area (Å²) in [6.45, 7) is -0.562. The summed E-state index contributed by atoms with van der Waals surface area (Å²) in [5.74, 6) is -3.38. The van der Waals surface area contributed by atoms with Gasteiger partial charge in [-0.25, -0.2) is 9.79 Å². The van der Waals surface area contributed by atoms with Gasteiger partial charge in [0, 0.05) is 37.7 Å². The SMILES string of the molecule is CN(C(=O)CCc1ccc(O)cc1)[C@@H](Cc1ccccc1)C(=O)N[C@](CCC[N+](=O)[O-])(N=C(N)N)C(=O)O. The Bertz CT molecular complexity index is 1150. The number of carboxylic acids is 1. The fourth-order valence-corrected chi connectivity index (χ4v) is 3.83. The minimum absolute atomic E-state index is 0.0423. The molecule has 0 saturated carbocycles. The molecule has 38 heavy (non-hydrogen) atoms. The Hall–Kier alpha value is -4.68. The maximum Gasteiger partial charge on any atom is 0.352 e. The van der Waals surface area contributed by atoms with Gasteiger partial charge in [0.25, 0.3) is 0 Å². The van der Waals surface area contributed by atoms with Crippen LogP contribution in [0.1, 0.15) is 30.4 Å². The van der Waals surface area contributed by atoms with E-state index < -0.39 is 47.4 Å². The molecule has 2 rings (SSSR count). The third-order valence-electron chi connectivity index (χ3n) is 5.88. The molecule has 0 aliphatic rings. The van der Waals surface area contributed by atoms with E-state index in [4.69, 9.17) is 11.5 Å². The van der Waals surface area contributed by atoms with Crippen molar-refractivity contribution in [3.05, 3.63) is 75.8 Å². The van der Waals surface area contributed by atoms with Crippen LogP contribution in [-0.4, -0.2) is 69.1 Å². The molecule has 0 saturated heterocycles. The predicted octanol–water partition coefficient (Wildman–Crippen LogP) is 0.622. The number of nitro groups is 1. The van der Waals surface area contributed by atoms with E-state index in [0.717, 1.165) is 5.56 Å². The number of amides is 2. The molecule has 13 heteroatoms. The lowest BCUT2D eigenvalue weighted by Crippen LogP contribution is -2.60. The number of aryl methyl sites for hydroxylation is 1. The van der Waals surface area contributed by atoms with Gasteiger partial charge in [-0.2, -0.15) is 0 Å². The normalized spacial score (nSPS) is 13.0. The van der Waals surface area contributed by atoms with Crippen LogP contribution in [-0.2, 0) is 27.2 Å². The number of benzene rings is 2. The van der Waals surface area contributed by atoms with E-state index in [-0.39, 0.29) is 30.9 Å². The molecule has 0 radical (unpaired) electrons. The molecule has 0 aliphatic heterocycles. The number of hydrogen-bond donors (Lipinski definition) is 5. The Balaban J connectivity index is 2.32. The van der Waals surface area contributed by atoms with Crippen molar-refractivity contribution in [1.29, 1.82) is 0 Å². The number of rotatable bonds is 14. The predicted molar refractivity (Wildman–Crippen MR) is 139 cm³/mol. The highest BCUT2D eigenvalue weighted by Crippen LogP contribution is 2.19. The number of carbonyl (C=O) groups excluding carboxylic acids is 2. The number of likely N-dealkylation sites (N-methyl/N-ethyl adjacent to an activating group) is 1. The zero-order chi connectivity index (χ0) is 28.3. The maximum atomic E-state index is 13.5. The lowest BCUT2D eigenvalue weighted by molar-refractivity contribution is -0.480. The minimum Gasteiger partial charge on any atom is -0.508 e. The summed E-state index contributed by atoms with van der Waals surface area (Å²) in [5.41, 5.74) is 10.0. The number of carboxylic acid groups (broad SMARTS) is 1. The number of phenolic OH excluding ortho intramolecular Hbond substituents is 1. The van der Waals surface area contributed by atoms with E-state index in [0.29, 0.717) is 12.0 Å². The van der Waals surface area contributed by atoms with Gasteiger partial charge in [-0.1, -0.05) is 42.5 Å². The van der Waals surface area contributed by atoms with Crippen molar-refractivity contribution in [3.63, 3.8) is 0 Å². The molecular weight excluding hydrogens is 496 g/mol. The van der Waals surface area contributed by atoms with Crippen LogP contribution in [0.25, 0.3) is 0 Å². The average Bonchev–Trinajstić information content (AvgIpc) is 2.86. The van der Waals surface area contributed by atoms with Gasteiger partial charge >= 0.3 is 5.97 Å². The Labute approximate surface area is 219 Å². The van der Waals surface area contributed by atoms with Crippen molar-refractivity contribution in [2.45, 2.75) is 43.8 Å². The van der Waals surface area contributed by atoms with Crippen molar-refractivity contribution in [1.82, 2.24) is 10.2 Å². The third kappa shape index (κ3) is 8.76. The molecule has 2 aromatic rings. The highest BCUT2D eigenvalue weighted by atomic mass is 16.6. The van der Waals surface area contributed by atoms with Gasteiger partial charge < -0.3 is 31.9 Å². The second-order valence-electron chi connectivity index (χ2n) is 8.73. The quantitative estimate of drug-likeness (QED) is 0.100. The minimum atomic E-state index is -2.36. The van der Waals surface area contributed by atoms with Crippen LogP contribution in [0, 0.1) is 10.1 Å². The van der Waals surface area contributed by atoms with Crippen LogP contribution in [0.4, 0.5) is 0 Å². The van der Waals surface area contributed by atoms with Crippen LogP contribution in [0.2, 0.25) is 0 Å². The number of nitrogens with zero attached hydrogens (tertiary/aromatic N) is 3. The van der Waals surface area contributed by atoms with Crippen molar-refractivity contribution in [2.24, 2.45) is 16.5 Å². The molecule has 0 unspecified atom stereocenters. The Morgan fingerprint density at radius 1 is 1.11 bits per heavy atom. The molecule has 2 aromatic carbocycles. The maximum absolute atomic E-state index is 13.5. The first kappa shape index (κ1) is 29.5. The van der Waals surface area contributed by atoms with Gasteiger partial charge in [-0.15, -0.1) is 0 Å². The van der Waals surface area contributed by atoms with Gasteiger partial charge in [-0.3, -0.25) is 19.7 Å². The number of aromatic hydroxyl groups is 1. The zero-order valence-corrected chi connectivity index (χ0v) is 20.9. The van der Waals surface area contributed by atoms with Crippen molar-refractivity contribution < 1.29 is 29.5 Å². The summed E-state index contributed by atoms with van der Waals surface area (Å²) in [7, 11) is 1.43. The number of guanidine groups is 1. The number of aliphatic imine (C=N–C) groups is 1. The fourth-order valence-electron chi connectivity index (χ4n) is 3.83. The number of aliphatic carboxylic acids is 1. The topological polar surface area (TPSA) is 214 Å². The van der Waals surface area contributed by atoms with Crippen molar-refractivity contribution >= 4 is 23.7 Å². The number of nitrogens with two attached hydrogens (primary N) is 2. The number of phenols is 1. The first-order valence-corrected chi connectivity index (χ1v) is 11.8. The van der Waals surface area contributed by atoms with Gasteiger partial charge in [-0.05, 0) is 29.7 Å². The molecule has 0 spiro atoms. The number of nitrogens with one attached hydrogen (secondary N) is 1. The van der Waals surface area contributed by atoms with E-state index in [1.54, 1.807) is 42.5 Å². The van der Waals surface area contributed by atoms with E-state index in [1.807, 2.05) is 0 Å². The molecule has 0 bridgehead atoms. The van der Waals surface area contributed by atoms with Crippen molar-refractivity contribution in [2.75, 3.05) is 13.6 Å². The molecule has 0 heterocycles. The molecule has 2 amide bonds. The van der Waals surface area contributed by atoms with Gasteiger partial charge in [0.15, 0.2) is 5.96 Å². The van der Waals surface area contributed by atoms with Gasteiger partial charge in [0.2, 0.25) is 24.0 Å². The highest BCUT2D eigenvalue weighted by Gasteiger charge is 2.42. The molecule has 7 N–H and O–H groups in total. The molecule has 0 fully saturated rings. The van der Waals surface area contributed by atoms with Crippen LogP contribution in [0.5, 0.6) is 5.75 Å². The lowest BCUT2D eigenvalue weighted by Gasteiger charge is -2.32.